The maximum atomic E-state index is 13.6. The van der Waals surface area contributed by atoms with Crippen LogP contribution in [0.5, 0.6) is 0 Å². The van der Waals surface area contributed by atoms with Crippen molar-refractivity contribution in [3.63, 3.8) is 0 Å². The van der Waals surface area contributed by atoms with Crippen molar-refractivity contribution in [2.45, 2.75) is 20.3 Å². The normalized spacial score (nSPS) is 12.0. The second-order valence-electron chi connectivity index (χ2n) is 4.86. The quantitative estimate of drug-likeness (QED) is 0.855. The summed E-state index contributed by atoms with van der Waals surface area (Å²) in [6.07, 6.45) is 0.653. The first kappa shape index (κ1) is 15.1. The lowest BCUT2D eigenvalue weighted by molar-refractivity contribution is -0.120. The van der Waals surface area contributed by atoms with Gasteiger partial charge in [-0.1, -0.05) is 13.8 Å². The minimum atomic E-state index is -0.618. The van der Waals surface area contributed by atoms with Gasteiger partial charge in [0.1, 0.15) is 5.82 Å². The van der Waals surface area contributed by atoms with E-state index in [2.05, 4.69) is 5.32 Å². The largest absolute Gasteiger partial charge is 0.330 e. The van der Waals surface area contributed by atoms with E-state index in [-0.39, 0.29) is 29.6 Å². The van der Waals surface area contributed by atoms with Crippen molar-refractivity contribution in [1.29, 1.82) is 5.26 Å². The van der Waals surface area contributed by atoms with Crippen LogP contribution in [0.15, 0.2) is 18.2 Å². The number of amides is 1. The van der Waals surface area contributed by atoms with Gasteiger partial charge in [0.15, 0.2) is 0 Å². The summed E-state index contributed by atoms with van der Waals surface area (Å²) in [6, 6.07) is 5.77. The molecule has 0 bridgehead atoms. The molecular weight excluding hydrogens is 245 g/mol. The van der Waals surface area contributed by atoms with Crippen LogP contribution in [0.25, 0.3) is 0 Å². The van der Waals surface area contributed by atoms with Gasteiger partial charge in [0.2, 0.25) is 5.91 Å². The molecule has 1 rings (SSSR count). The summed E-state index contributed by atoms with van der Waals surface area (Å²) < 4.78 is 13.6. The summed E-state index contributed by atoms with van der Waals surface area (Å²) in [5.41, 5.74) is 5.85. The summed E-state index contributed by atoms with van der Waals surface area (Å²) in [7, 11) is 0. The molecule has 0 aliphatic heterocycles. The maximum Gasteiger partial charge on any atom is 0.228 e. The predicted molar refractivity (Wildman–Crippen MR) is 71.7 cm³/mol. The third kappa shape index (κ3) is 4.34. The van der Waals surface area contributed by atoms with E-state index in [1.807, 2.05) is 19.9 Å². The van der Waals surface area contributed by atoms with E-state index in [4.69, 9.17) is 11.0 Å². The number of carbonyl (C=O) groups is 1. The number of nitriles is 1. The molecule has 1 amide bonds. The van der Waals surface area contributed by atoms with Crippen molar-refractivity contribution >= 4 is 11.6 Å². The number of rotatable bonds is 5. The average molecular weight is 263 g/mol. The standard InChI is InChI=1S/C14H18FN3O/c1-9(2)5-11(8-17)14(19)18-13-4-3-10(7-16)6-12(13)15/h3-4,6,9,11H,5,8,17H2,1-2H3,(H,18,19). The average Bonchev–Trinajstić information content (AvgIpc) is 2.37. The van der Waals surface area contributed by atoms with E-state index in [1.54, 1.807) is 0 Å². The highest BCUT2D eigenvalue weighted by molar-refractivity contribution is 5.92. The van der Waals surface area contributed by atoms with Crippen LogP contribution >= 0.6 is 0 Å². The molecule has 1 aromatic carbocycles. The van der Waals surface area contributed by atoms with Gasteiger partial charge in [-0.2, -0.15) is 5.26 Å². The molecule has 0 aliphatic rings. The number of halogens is 1. The van der Waals surface area contributed by atoms with Crippen LogP contribution in [0.3, 0.4) is 0 Å². The van der Waals surface area contributed by atoms with Gasteiger partial charge >= 0.3 is 0 Å². The Bertz CT molecular complexity index is 494. The van der Waals surface area contributed by atoms with Crippen LogP contribution in [-0.4, -0.2) is 12.5 Å². The number of hydrogen-bond acceptors (Lipinski definition) is 3. The molecule has 19 heavy (non-hydrogen) atoms. The molecule has 0 aromatic heterocycles. The molecule has 0 saturated carbocycles. The van der Waals surface area contributed by atoms with Crippen molar-refractivity contribution in [3.05, 3.63) is 29.6 Å². The van der Waals surface area contributed by atoms with Crippen LogP contribution < -0.4 is 11.1 Å². The Labute approximate surface area is 112 Å². The molecule has 0 saturated heterocycles. The zero-order valence-corrected chi connectivity index (χ0v) is 11.1. The molecule has 0 fully saturated rings. The number of carbonyl (C=O) groups excluding carboxylic acids is 1. The van der Waals surface area contributed by atoms with Gasteiger partial charge in [0.05, 0.1) is 23.2 Å². The van der Waals surface area contributed by atoms with Gasteiger partial charge in [-0.05, 0) is 30.5 Å². The van der Waals surface area contributed by atoms with Gasteiger partial charge in [0.25, 0.3) is 0 Å². The third-order valence-corrected chi connectivity index (χ3v) is 2.77. The summed E-state index contributed by atoms with van der Waals surface area (Å²) >= 11 is 0. The number of nitrogens with two attached hydrogens (primary N) is 1. The molecule has 0 heterocycles. The van der Waals surface area contributed by atoms with Crippen LogP contribution in [0.1, 0.15) is 25.8 Å². The molecule has 5 heteroatoms. The number of benzene rings is 1. The number of nitrogens with one attached hydrogen (secondary N) is 1. The van der Waals surface area contributed by atoms with Crippen LogP contribution in [0, 0.1) is 29.0 Å². The second kappa shape index (κ2) is 6.86. The highest BCUT2D eigenvalue weighted by atomic mass is 19.1. The molecule has 0 aliphatic carbocycles. The van der Waals surface area contributed by atoms with E-state index >= 15 is 0 Å². The highest BCUT2D eigenvalue weighted by Crippen LogP contribution is 2.18. The Hall–Kier alpha value is -1.93. The van der Waals surface area contributed by atoms with Crippen LogP contribution in [-0.2, 0) is 4.79 Å². The van der Waals surface area contributed by atoms with Crippen LogP contribution in [0.4, 0.5) is 10.1 Å². The zero-order valence-electron chi connectivity index (χ0n) is 11.1. The zero-order chi connectivity index (χ0) is 14.4. The summed E-state index contributed by atoms with van der Waals surface area (Å²) in [5.74, 6) is -0.910. The minimum Gasteiger partial charge on any atom is -0.330 e. The van der Waals surface area contributed by atoms with E-state index in [9.17, 15) is 9.18 Å². The Morgan fingerprint density at radius 2 is 2.21 bits per heavy atom. The Kier molecular flexibility index (Phi) is 5.46. The van der Waals surface area contributed by atoms with E-state index in [0.717, 1.165) is 6.07 Å². The molecule has 1 aromatic rings. The molecule has 4 nitrogen and oxygen atoms in total. The van der Waals surface area contributed by atoms with E-state index < -0.39 is 5.82 Å². The fourth-order valence-electron chi connectivity index (χ4n) is 1.80. The summed E-state index contributed by atoms with van der Waals surface area (Å²) in [6.45, 7) is 4.22. The van der Waals surface area contributed by atoms with Crippen LogP contribution in [0.2, 0.25) is 0 Å². The Morgan fingerprint density at radius 3 is 2.68 bits per heavy atom. The lowest BCUT2D eigenvalue weighted by Gasteiger charge is -2.17. The molecule has 1 atom stereocenters. The molecule has 3 N–H and O–H groups in total. The first-order chi connectivity index (χ1) is 8.97. The van der Waals surface area contributed by atoms with E-state index in [1.165, 1.54) is 12.1 Å². The monoisotopic (exact) mass is 263 g/mol. The lowest BCUT2D eigenvalue weighted by Crippen LogP contribution is -2.30. The number of nitrogens with zero attached hydrogens (tertiary/aromatic N) is 1. The fraction of sp³-hybridized carbons (Fsp3) is 0.429. The van der Waals surface area contributed by atoms with Gasteiger partial charge in [-0.3, -0.25) is 4.79 Å². The van der Waals surface area contributed by atoms with Gasteiger partial charge < -0.3 is 11.1 Å². The molecule has 102 valence electrons. The summed E-state index contributed by atoms with van der Waals surface area (Å²) in [5, 5.41) is 11.2. The van der Waals surface area contributed by atoms with Crippen molar-refractivity contribution < 1.29 is 9.18 Å². The van der Waals surface area contributed by atoms with Crippen molar-refractivity contribution in [2.75, 3.05) is 11.9 Å². The lowest BCUT2D eigenvalue weighted by atomic mass is 9.96. The van der Waals surface area contributed by atoms with E-state index in [0.29, 0.717) is 12.3 Å². The van der Waals surface area contributed by atoms with Crippen molar-refractivity contribution in [3.8, 4) is 6.07 Å². The van der Waals surface area contributed by atoms with Crippen molar-refractivity contribution in [1.82, 2.24) is 0 Å². The first-order valence-electron chi connectivity index (χ1n) is 6.18. The molecule has 0 radical (unpaired) electrons. The molecule has 1 unspecified atom stereocenters. The SMILES string of the molecule is CC(C)CC(CN)C(=O)Nc1ccc(C#N)cc1F. The van der Waals surface area contributed by atoms with Gasteiger partial charge in [0, 0.05) is 6.54 Å². The topological polar surface area (TPSA) is 78.9 Å². The Morgan fingerprint density at radius 1 is 1.53 bits per heavy atom. The minimum absolute atomic E-state index is 0.0752. The highest BCUT2D eigenvalue weighted by Gasteiger charge is 2.19. The Balaban J connectivity index is 2.79. The molecular formula is C14H18FN3O. The second-order valence-corrected chi connectivity index (χ2v) is 4.86. The smallest absolute Gasteiger partial charge is 0.228 e. The summed E-state index contributed by atoms with van der Waals surface area (Å²) in [4.78, 5) is 12.0. The molecule has 0 spiro atoms. The van der Waals surface area contributed by atoms with Gasteiger partial charge in [-0.25, -0.2) is 4.39 Å². The fourth-order valence-corrected chi connectivity index (χ4v) is 1.80. The first-order valence-corrected chi connectivity index (χ1v) is 6.18. The predicted octanol–water partition coefficient (Wildman–Crippen LogP) is 2.26. The van der Waals surface area contributed by atoms with Gasteiger partial charge in [-0.15, -0.1) is 0 Å². The number of hydrogen-bond donors (Lipinski definition) is 2. The van der Waals surface area contributed by atoms with Crippen molar-refractivity contribution in [2.24, 2.45) is 17.6 Å². The number of anilines is 1. The maximum absolute atomic E-state index is 13.6. The third-order valence-electron chi connectivity index (χ3n) is 2.77.